The van der Waals surface area contributed by atoms with E-state index >= 15 is 0 Å². The van der Waals surface area contributed by atoms with E-state index in [2.05, 4.69) is 4.98 Å². The van der Waals surface area contributed by atoms with Crippen molar-refractivity contribution < 1.29 is 14.3 Å². The Kier molecular flexibility index (Phi) is 3.10. The smallest absolute Gasteiger partial charge is 0.269 e. The number of rotatable bonds is 4. The number of ether oxygens (including phenoxy) is 1. The molecule has 7 heteroatoms. The van der Waals surface area contributed by atoms with Gasteiger partial charge in [0.1, 0.15) is 5.69 Å². The molecule has 0 spiro atoms. The van der Waals surface area contributed by atoms with Crippen molar-refractivity contribution in [3.63, 3.8) is 0 Å². The van der Waals surface area contributed by atoms with E-state index < -0.39 is 11.8 Å². The molecule has 1 aliphatic heterocycles. The maximum atomic E-state index is 11.3. The predicted molar refractivity (Wildman–Crippen MR) is 58.2 cm³/mol. The zero-order valence-corrected chi connectivity index (χ0v) is 9.26. The molecule has 2 rings (SSSR count). The third-order valence-corrected chi connectivity index (χ3v) is 2.73. The van der Waals surface area contributed by atoms with Crippen molar-refractivity contribution in [1.29, 1.82) is 0 Å². The average Bonchev–Trinajstić information content (AvgIpc) is 2.86. The van der Waals surface area contributed by atoms with Crippen molar-refractivity contribution >= 4 is 11.8 Å². The lowest BCUT2D eigenvalue weighted by molar-refractivity contribution is 0.0909. The summed E-state index contributed by atoms with van der Waals surface area (Å²) in [5.74, 6) is -1.47. The van der Waals surface area contributed by atoms with Gasteiger partial charge >= 0.3 is 0 Å². The number of amides is 2. The summed E-state index contributed by atoms with van der Waals surface area (Å²) in [6.45, 7) is 1.17. The molecule has 1 atom stereocenters. The van der Waals surface area contributed by atoms with Crippen LogP contribution in [-0.2, 0) is 11.3 Å². The Bertz CT molecular complexity index is 448. The van der Waals surface area contributed by atoms with Gasteiger partial charge in [-0.3, -0.25) is 9.59 Å². The van der Waals surface area contributed by atoms with Gasteiger partial charge < -0.3 is 20.8 Å². The van der Waals surface area contributed by atoms with Crippen LogP contribution in [0, 0.1) is 0 Å². The lowest BCUT2D eigenvalue weighted by atomic mass is 10.2. The molecule has 2 amide bonds. The van der Waals surface area contributed by atoms with E-state index in [1.54, 1.807) is 0 Å². The number of aromatic nitrogens is 2. The topological polar surface area (TPSA) is 113 Å². The van der Waals surface area contributed by atoms with Crippen molar-refractivity contribution in [2.24, 2.45) is 11.5 Å². The number of carbonyl (C=O) groups is 2. The predicted octanol–water partition coefficient (Wildman–Crippen LogP) is -0.740. The third kappa shape index (κ3) is 2.28. The number of primary amides is 2. The fourth-order valence-electron chi connectivity index (χ4n) is 1.97. The maximum absolute atomic E-state index is 11.3. The molecule has 0 radical (unpaired) electrons. The lowest BCUT2D eigenvalue weighted by Crippen LogP contribution is -2.25. The minimum Gasteiger partial charge on any atom is -0.376 e. The molecule has 7 nitrogen and oxygen atoms in total. The Hall–Kier alpha value is -1.89. The highest BCUT2D eigenvalue weighted by molar-refractivity contribution is 6.03. The van der Waals surface area contributed by atoms with E-state index in [1.807, 2.05) is 0 Å². The number of hydrogen-bond donors (Lipinski definition) is 2. The molecular weight excluding hydrogens is 224 g/mol. The van der Waals surface area contributed by atoms with Gasteiger partial charge in [-0.15, -0.1) is 0 Å². The standard InChI is InChI=1S/C10H14N4O3/c11-9(15)7-8(10(12)16)14(5-13-7)4-6-2-1-3-17-6/h5-6H,1-4H2,(H2,11,15)(H2,12,16). The van der Waals surface area contributed by atoms with E-state index in [4.69, 9.17) is 16.2 Å². The van der Waals surface area contributed by atoms with Gasteiger partial charge in [0.2, 0.25) is 0 Å². The summed E-state index contributed by atoms with van der Waals surface area (Å²) in [6, 6.07) is 0. The second-order valence-corrected chi connectivity index (χ2v) is 3.96. The van der Waals surface area contributed by atoms with Crippen LogP contribution in [0.5, 0.6) is 0 Å². The van der Waals surface area contributed by atoms with Crippen molar-refractivity contribution in [3.8, 4) is 0 Å². The van der Waals surface area contributed by atoms with Crippen LogP contribution >= 0.6 is 0 Å². The molecule has 2 heterocycles. The van der Waals surface area contributed by atoms with Crippen LogP contribution in [0.15, 0.2) is 6.33 Å². The second kappa shape index (κ2) is 4.54. The van der Waals surface area contributed by atoms with Gasteiger partial charge in [0.25, 0.3) is 11.8 Å². The second-order valence-electron chi connectivity index (χ2n) is 3.96. The lowest BCUT2D eigenvalue weighted by Gasteiger charge is -2.11. The summed E-state index contributed by atoms with van der Waals surface area (Å²) >= 11 is 0. The SMILES string of the molecule is NC(=O)c1ncn(CC2CCCO2)c1C(N)=O. The van der Waals surface area contributed by atoms with Crippen LogP contribution in [-0.4, -0.2) is 34.1 Å². The highest BCUT2D eigenvalue weighted by atomic mass is 16.5. The highest BCUT2D eigenvalue weighted by Crippen LogP contribution is 2.16. The average molecular weight is 238 g/mol. The van der Waals surface area contributed by atoms with Crippen LogP contribution in [0.3, 0.4) is 0 Å². The van der Waals surface area contributed by atoms with Gasteiger partial charge in [0.15, 0.2) is 5.69 Å². The Morgan fingerprint density at radius 1 is 1.47 bits per heavy atom. The van der Waals surface area contributed by atoms with Crippen molar-refractivity contribution in [1.82, 2.24) is 9.55 Å². The van der Waals surface area contributed by atoms with Crippen molar-refractivity contribution in [2.75, 3.05) is 6.61 Å². The Morgan fingerprint density at radius 3 is 2.76 bits per heavy atom. The molecule has 92 valence electrons. The highest BCUT2D eigenvalue weighted by Gasteiger charge is 2.23. The fraction of sp³-hybridized carbons (Fsp3) is 0.500. The Morgan fingerprint density at radius 2 is 2.24 bits per heavy atom. The number of hydrogen-bond acceptors (Lipinski definition) is 4. The fourth-order valence-corrected chi connectivity index (χ4v) is 1.97. The minimum absolute atomic E-state index is 0.0306. The third-order valence-electron chi connectivity index (χ3n) is 2.73. The first-order valence-corrected chi connectivity index (χ1v) is 5.36. The molecule has 17 heavy (non-hydrogen) atoms. The molecule has 1 saturated heterocycles. The van der Waals surface area contributed by atoms with E-state index in [1.165, 1.54) is 10.9 Å². The van der Waals surface area contributed by atoms with E-state index in [0.717, 1.165) is 12.8 Å². The van der Waals surface area contributed by atoms with Crippen molar-refractivity contribution in [3.05, 3.63) is 17.7 Å². The van der Waals surface area contributed by atoms with Crippen LogP contribution < -0.4 is 11.5 Å². The molecule has 0 saturated carbocycles. The number of imidazole rings is 1. The molecule has 0 bridgehead atoms. The zero-order valence-electron chi connectivity index (χ0n) is 9.26. The van der Waals surface area contributed by atoms with Crippen LogP contribution in [0.1, 0.15) is 33.8 Å². The summed E-state index contributed by atoms with van der Waals surface area (Å²) < 4.78 is 6.97. The first kappa shape index (κ1) is 11.6. The first-order chi connectivity index (χ1) is 8.09. The summed E-state index contributed by atoms with van der Waals surface area (Å²) in [7, 11) is 0. The monoisotopic (exact) mass is 238 g/mol. The Balaban J connectivity index is 2.26. The van der Waals surface area contributed by atoms with Gasteiger partial charge in [-0.05, 0) is 12.8 Å². The molecule has 1 fully saturated rings. The van der Waals surface area contributed by atoms with Gasteiger partial charge in [-0.2, -0.15) is 0 Å². The minimum atomic E-state index is -0.759. The largest absolute Gasteiger partial charge is 0.376 e. The first-order valence-electron chi connectivity index (χ1n) is 5.36. The Labute approximate surface area is 97.7 Å². The van der Waals surface area contributed by atoms with Gasteiger partial charge in [0, 0.05) is 6.61 Å². The number of nitrogens with two attached hydrogens (primary N) is 2. The molecule has 1 aromatic heterocycles. The van der Waals surface area contributed by atoms with Crippen molar-refractivity contribution in [2.45, 2.75) is 25.5 Å². The van der Waals surface area contributed by atoms with Crippen LogP contribution in [0.25, 0.3) is 0 Å². The summed E-state index contributed by atoms with van der Waals surface area (Å²) in [6.07, 6.45) is 3.33. The zero-order chi connectivity index (χ0) is 12.4. The summed E-state index contributed by atoms with van der Waals surface area (Å²) in [5.41, 5.74) is 10.3. The van der Waals surface area contributed by atoms with E-state index in [0.29, 0.717) is 13.2 Å². The van der Waals surface area contributed by atoms with Gasteiger partial charge in [-0.1, -0.05) is 0 Å². The van der Waals surface area contributed by atoms with Gasteiger partial charge in [-0.25, -0.2) is 4.98 Å². The summed E-state index contributed by atoms with van der Waals surface area (Å²) in [4.78, 5) is 26.2. The normalized spacial score (nSPS) is 19.4. The van der Waals surface area contributed by atoms with Gasteiger partial charge in [0.05, 0.1) is 19.0 Å². The molecule has 0 aliphatic carbocycles. The molecule has 1 aromatic rings. The van der Waals surface area contributed by atoms with Crippen LogP contribution in [0.4, 0.5) is 0 Å². The van der Waals surface area contributed by atoms with Crippen LogP contribution in [0.2, 0.25) is 0 Å². The number of carbonyl (C=O) groups excluding carboxylic acids is 2. The maximum Gasteiger partial charge on any atom is 0.269 e. The number of nitrogens with zero attached hydrogens (tertiary/aromatic N) is 2. The molecule has 1 unspecified atom stereocenters. The quantitative estimate of drug-likeness (QED) is 0.719. The summed E-state index contributed by atoms with van der Waals surface area (Å²) in [5, 5.41) is 0. The van der Waals surface area contributed by atoms with E-state index in [9.17, 15) is 9.59 Å². The molecule has 0 aromatic carbocycles. The van der Waals surface area contributed by atoms with E-state index in [-0.39, 0.29) is 17.5 Å². The molecule has 1 aliphatic rings. The molecule has 4 N–H and O–H groups in total. The molecular formula is C10H14N4O3.